The summed E-state index contributed by atoms with van der Waals surface area (Å²) >= 11 is 3.42. The number of aliphatic hydroxyl groups excluding tert-OH is 1. The normalized spacial score (nSPS) is 23.0. The third-order valence-corrected chi connectivity index (χ3v) is 4.17. The summed E-state index contributed by atoms with van der Waals surface area (Å²) < 4.78 is 5.98. The Morgan fingerprint density at radius 1 is 1.55 bits per heavy atom. The zero-order valence-corrected chi connectivity index (χ0v) is 12.9. The fourth-order valence-electron chi connectivity index (χ4n) is 2.32. The van der Waals surface area contributed by atoms with Crippen molar-refractivity contribution in [2.75, 3.05) is 12.0 Å². The van der Waals surface area contributed by atoms with Crippen molar-refractivity contribution in [3.63, 3.8) is 0 Å². The monoisotopic (exact) mass is 337 g/mol. The third kappa shape index (κ3) is 2.34. The summed E-state index contributed by atoms with van der Waals surface area (Å²) in [5.74, 6) is -0.166. The molecule has 0 unspecified atom stereocenters. The summed E-state index contributed by atoms with van der Waals surface area (Å²) in [5.41, 5.74) is 3.97. The van der Waals surface area contributed by atoms with Gasteiger partial charge in [0.2, 0.25) is 0 Å². The number of nitrogens with zero attached hydrogens (tertiary/aromatic N) is 1. The Labute approximate surface area is 126 Å². The van der Waals surface area contributed by atoms with Crippen LogP contribution in [0.2, 0.25) is 0 Å². The highest BCUT2D eigenvalue weighted by Gasteiger charge is 2.52. The Bertz CT molecular complexity index is 580. The van der Waals surface area contributed by atoms with Crippen LogP contribution in [0.3, 0.4) is 0 Å². The van der Waals surface area contributed by atoms with Crippen LogP contribution in [0.1, 0.15) is 6.92 Å². The summed E-state index contributed by atoms with van der Waals surface area (Å²) in [6.45, 7) is 5.26. The van der Waals surface area contributed by atoms with E-state index in [2.05, 4.69) is 28.2 Å². The second-order valence-electron chi connectivity index (χ2n) is 4.61. The van der Waals surface area contributed by atoms with Crippen LogP contribution in [0.5, 0.6) is 0 Å². The molecule has 106 valence electrons. The lowest BCUT2D eigenvalue weighted by atomic mass is 9.88. The van der Waals surface area contributed by atoms with Gasteiger partial charge in [-0.05, 0) is 40.6 Å². The molecule has 0 saturated carbocycles. The standard InChI is InChI=1S/C15H16BrNO3/c1-4-9(2)13(18)12-14(20-3)15(19)17(12)11-8-6-5-7-10(11)16/h5-8,12-14,18H,1H2,2-3H3/t12-,13+,14+/m0/s1. The van der Waals surface area contributed by atoms with Crippen LogP contribution >= 0.6 is 15.9 Å². The average Bonchev–Trinajstić information content (AvgIpc) is 2.45. The Balaban J connectivity index is 2.39. The molecule has 1 aliphatic rings. The minimum atomic E-state index is -0.859. The van der Waals surface area contributed by atoms with Gasteiger partial charge < -0.3 is 9.84 Å². The second-order valence-corrected chi connectivity index (χ2v) is 5.47. The number of hydrogen-bond acceptors (Lipinski definition) is 3. The number of anilines is 1. The van der Waals surface area contributed by atoms with Crippen LogP contribution < -0.4 is 4.90 Å². The van der Waals surface area contributed by atoms with E-state index in [1.807, 2.05) is 24.3 Å². The number of rotatable bonds is 4. The summed E-state index contributed by atoms with van der Waals surface area (Å²) in [6, 6.07) is 6.91. The minimum absolute atomic E-state index is 0.166. The molecular weight excluding hydrogens is 322 g/mol. The first kappa shape index (κ1) is 15.0. The maximum Gasteiger partial charge on any atom is 0.258 e. The minimum Gasteiger partial charge on any atom is -0.386 e. The number of methoxy groups -OCH3 is 1. The molecule has 1 aliphatic heterocycles. The second kappa shape index (κ2) is 5.94. The zero-order chi connectivity index (χ0) is 14.9. The van der Waals surface area contributed by atoms with Gasteiger partial charge in [0, 0.05) is 11.6 Å². The van der Waals surface area contributed by atoms with Crippen LogP contribution in [0.15, 0.2) is 46.6 Å². The molecule has 1 aromatic carbocycles. The van der Waals surface area contributed by atoms with E-state index >= 15 is 0 Å². The topological polar surface area (TPSA) is 49.8 Å². The number of carbonyl (C=O) groups is 1. The van der Waals surface area contributed by atoms with Gasteiger partial charge in [0.05, 0.1) is 5.69 Å². The Morgan fingerprint density at radius 2 is 2.20 bits per heavy atom. The lowest BCUT2D eigenvalue weighted by Gasteiger charge is -2.48. The maximum absolute atomic E-state index is 12.2. The average molecular weight is 338 g/mol. The van der Waals surface area contributed by atoms with Gasteiger partial charge in [-0.2, -0.15) is 0 Å². The van der Waals surface area contributed by atoms with E-state index in [0.717, 1.165) is 4.47 Å². The van der Waals surface area contributed by atoms with E-state index < -0.39 is 18.2 Å². The van der Waals surface area contributed by atoms with Crippen molar-refractivity contribution in [2.45, 2.75) is 25.2 Å². The number of halogens is 1. The third-order valence-electron chi connectivity index (χ3n) is 3.50. The smallest absolute Gasteiger partial charge is 0.258 e. The van der Waals surface area contributed by atoms with Crippen molar-refractivity contribution in [3.8, 4) is 0 Å². The zero-order valence-electron chi connectivity index (χ0n) is 11.3. The lowest BCUT2D eigenvalue weighted by Crippen LogP contribution is -2.70. The molecule has 1 saturated heterocycles. The van der Waals surface area contributed by atoms with Crippen LogP contribution in [0.25, 0.3) is 0 Å². The highest BCUT2D eigenvalue weighted by atomic mass is 79.9. The van der Waals surface area contributed by atoms with Gasteiger partial charge >= 0.3 is 0 Å². The van der Waals surface area contributed by atoms with Crippen molar-refractivity contribution >= 4 is 27.5 Å². The molecule has 3 atom stereocenters. The van der Waals surface area contributed by atoms with Gasteiger partial charge in [0.25, 0.3) is 5.91 Å². The van der Waals surface area contributed by atoms with Gasteiger partial charge in [-0.15, -0.1) is 5.73 Å². The molecule has 0 radical (unpaired) electrons. The molecule has 1 heterocycles. The Morgan fingerprint density at radius 3 is 2.75 bits per heavy atom. The largest absolute Gasteiger partial charge is 0.386 e. The van der Waals surface area contributed by atoms with E-state index in [9.17, 15) is 9.90 Å². The van der Waals surface area contributed by atoms with Gasteiger partial charge in [0.1, 0.15) is 12.1 Å². The van der Waals surface area contributed by atoms with Crippen molar-refractivity contribution in [1.29, 1.82) is 0 Å². The van der Waals surface area contributed by atoms with Gasteiger partial charge in [0.15, 0.2) is 6.10 Å². The lowest BCUT2D eigenvalue weighted by molar-refractivity contribution is -0.143. The molecule has 1 N–H and O–H groups in total. The predicted molar refractivity (Wildman–Crippen MR) is 80.5 cm³/mol. The molecular formula is C15H16BrNO3. The van der Waals surface area contributed by atoms with Crippen molar-refractivity contribution < 1.29 is 14.6 Å². The molecule has 20 heavy (non-hydrogen) atoms. The summed E-state index contributed by atoms with van der Waals surface area (Å²) in [4.78, 5) is 13.7. The first-order valence-corrected chi connectivity index (χ1v) is 6.97. The summed E-state index contributed by atoms with van der Waals surface area (Å²) in [6.07, 6.45) is -1.51. The number of aliphatic hydroxyl groups is 1. The highest BCUT2D eigenvalue weighted by molar-refractivity contribution is 9.10. The SMILES string of the molecule is C=C=C(C)[C@@H](O)[C@H]1[C@@H](OC)C(=O)N1c1ccccc1Br. The number of ether oxygens (including phenoxy) is 1. The van der Waals surface area contributed by atoms with Crippen LogP contribution in [-0.2, 0) is 9.53 Å². The molecule has 5 heteroatoms. The van der Waals surface area contributed by atoms with Crippen LogP contribution in [0.4, 0.5) is 5.69 Å². The van der Waals surface area contributed by atoms with Gasteiger partial charge in [-0.25, -0.2) is 0 Å². The summed E-state index contributed by atoms with van der Waals surface area (Å²) in [7, 11) is 1.46. The van der Waals surface area contributed by atoms with Gasteiger partial charge in [-0.3, -0.25) is 9.69 Å². The molecule has 0 aliphatic carbocycles. The maximum atomic E-state index is 12.2. The molecule has 2 rings (SSSR count). The fourth-order valence-corrected chi connectivity index (χ4v) is 2.79. The number of carbonyl (C=O) groups excluding carboxylic acids is 1. The Kier molecular flexibility index (Phi) is 4.45. The van der Waals surface area contributed by atoms with E-state index in [0.29, 0.717) is 11.3 Å². The van der Waals surface area contributed by atoms with Gasteiger partial charge in [-0.1, -0.05) is 18.7 Å². The predicted octanol–water partition coefficient (Wildman–Crippen LogP) is 2.27. The highest BCUT2D eigenvalue weighted by Crippen LogP contribution is 2.37. The Hall–Kier alpha value is -1.39. The molecule has 0 bridgehead atoms. The van der Waals surface area contributed by atoms with Crippen molar-refractivity contribution in [1.82, 2.24) is 0 Å². The van der Waals surface area contributed by atoms with Crippen molar-refractivity contribution in [3.05, 3.63) is 46.6 Å². The van der Waals surface area contributed by atoms with E-state index in [1.165, 1.54) is 7.11 Å². The molecule has 1 aromatic rings. The quantitative estimate of drug-likeness (QED) is 0.677. The first-order valence-electron chi connectivity index (χ1n) is 6.18. The number of amides is 1. The molecule has 4 nitrogen and oxygen atoms in total. The molecule has 1 amide bonds. The fraction of sp³-hybridized carbons (Fsp3) is 0.333. The number of para-hydroxylation sites is 1. The van der Waals surface area contributed by atoms with Crippen LogP contribution in [0, 0.1) is 0 Å². The summed E-state index contributed by atoms with van der Waals surface area (Å²) in [5, 5.41) is 10.4. The van der Waals surface area contributed by atoms with E-state index in [-0.39, 0.29) is 5.91 Å². The first-order chi connectivity index (χ1) is 9.52. The number of benzene rings is 1. The van der Waals surface area contributed by atoms with Crippen LogP contribution in [-0.4, -0.2) is 36.4 Å². The van der Waals surface area contributed by atoms with E-state index in [1.54, 1.807) is 11.8 Å². The van der Waals surface area contributed by atoms with Crippen molar-refractivity contribution in [2.24, 2.45) is 0 Å². The number of β-lactam (4-membered cyclic amide) rings is 1. The molecule has 1 fully saturated rings. The number of hydrogen-bond donors (Lipinski definition) is 1. The molecule has 0 spiro atoms. The molecule has 0 aromatic heterocycles. The van der Waals surface area contributed by atoms with E-state index in [4.69, 9.17) is 4.74 Å².